The molecule has 2 saturated heterocycles. The molecule has 10 nitrogen and oxygen atoms in total. The van der Waals surface area contributed by atoms with Gasteiger partial charge in [0.05, 0.1) is 6.61 Å². The highest BCUT2D eigenvalue weighted by Crippen LogP contribution is 2.43. The van der Waals surface area contributed by atoms with Crippen LogP contribution in [0.3, 0.4) is 0 Å². The first-order chi connectivity index (χ1) is 11.1. The van der Waals surface area contributed by atoms with Gasteiger partial charge in [0.1, 0.15) is 24.1 Å². The maximum Gasteiger partial charge on any atom is 0.469 e. The lowest BCUT2D eigenvalue weighted by molar-refractivity contribution is -0.202. The summed E-state index contributed by atoms with van der Waals surface area (Å²) >= 11 is 0. The number of phosphoric acid groups is 1. The Morgan fingerprint density at radius 1 is 1.42 bits per heavy atom. The summed E-state index contributed by atoms with van der Waals surface area (Å²) in [6.07, 6.45) is 0.231. The van der Waals surface area contributed by atoms with Crippen molar-refractivity contribution in [2.75, 3.05) is 6.61 Å². The van der Waals surface area contributed by atoms with E-state index >= 15 is 0 Å². The van der Waals surface area contributed by atoms with E-state index in [9.17, 15) is 9.36 Å². The van der Waals surface area contributed by atoms with E-state index in [0.717, 1.165) is 0 Å². The predicted octanol–water partition coefficient (Wildman–Crippen LogP) is -0.243. The van der Waals surface area contributed by atoms with Gasteiger partial charge in [0.15, 0.2) is 12.0 Å². The second kappa shape index (κ2) is 5.92. The Labute approximate surface area is 138 Å². The van der Waals surface area contributed by atoms with Gasteiger partial charge in [0.25, 0.3) is 5.91 Å². The van der Waals surface area contributed by atoms with Gasteiger partial charge in [-0.2, -0.15) is 0 Å². The average molecular weight is 362 g/mol. The molecule has 3 rings (SSSR count). The highest BCUT2D eigenvalue weighted by atomic mass is 31.2. The van der Waals surface area contributed by atoms with Crippen LogP contribution in [0.2, 0.25) is 0 Å². The van der Waals surface area contributed by atoms with Crippen LogP contribution in [0, 0.1) is 0 Å². The molecule has 0 bridgehead atoms. The molecular weight excluding hydrogens is 343 g/mol. The van der Waals surface area contributed by atoms with Crippen LogP contribution in [-0.4, -0.2) is 57.5 Å². The predicted molar refractivity (Wildman–Crippen MR) is 78.7 cm³/mol. The molecule has 2 fully saturated rings. The Hall–Kier alpha value is -1.26. The topological polar surface area (TPSA) is 127 Å². The fourth-order valence-corrected chi connectivity index (χ4v) is 3.25. The molecule has 0 aromatic carbocycles. The molecule has 1 amide bonds. The molecule has 0 aliphatic carbocycles. The smallest absolute Gasteiger partial charge is 0.347 e. The largest absolute Gasteiger partial charge is 0.469 e. The SMILES string of the molecule is C=C1NC(=O)C=CN1C1OC(COP(=O)(O)O)C2OC(C)(C)OC21. The zero-order chi connectivity index (χ0) is 17.7. The van der Waals surface area contributed by atoms with Gasteiger partial charge in [-0.05, 0) is 13.8 Å². The minimum atomic E-state index is -4.64. The van der Waals surface area contributed by atoms with Gasteiger partial charge in [0, 0.05) is 12.3 Å². The number of nitrogens with one attached hydrogen (secondary N) is 1. The van der Waals surface area contributed by atoms with Gasteiger partial charge in [0.2, 0.25) is 0 Å². The fraction of sp³-hybridized carbons (Fsp3) is 0.615. The number of ether oxygens (including phenoxy) is 3. The molecule has 4 unspecified atom stereocenters. The van der Waals surface area contributed by atoms with Crippen molar-refractivity contribution < 1.29 is 37.9 Å². The lowest BCUT2D eigenvalue weighted by atomic mass is 10.1. The van der Waals surface area contributed by atoms with Crippen molar-refractivity contribution in [2.45, 2.75) is 44.2 Å². The first-order valence-electron chi connectivity index (χ1n) is 7.23. The van der Waals surface area contributed by atoms with Crippen LogP contribution in [0.15, 0.2) is 24.7 Å². The highest BCUT2D eigenvalue weighted by molar-refractivity contribution is 7.46. The number of phosphoric ester groups is 1. The zero-order valence-corrected chi connectivity index (χ0v) is 14.0. The highest BCUT2D eigenvalue weighted by Gasteiger charge is 2.57. The summed E-state index contributed by atoms with van der Waals surface area (Å²) in [6, 6.07) is 0. The molecule has 0 aromatic rings. The number of rotatable bonds is 4. The molecule has 3 N–H and O–H groups in total. The third kappa shape index (κ3) is 3.55. The van der Waals surface area contributed by atoms with E-state index < -0.39 is 38.1 Å². The van der Waals surface area contributed by atoms with Gasteiger partial charge >= 0.3 is 7.82 Å². The molecule has 0 aromatic heterocycles. The first-order valence-corrected chi connectivity index (χ1v) is 8.76. The summed E-state index contributed by atoms with van der Waals surface area (Å²) in [7, 11) is -4.64. The Kier molecular flexibility index (Phi) is 4.33. The summed E-state index contributed by atoms with van der Waals surface area (Å²) in [4.78, 5) is 30.7. The molecule has 3 aliphatic heterocycles. The normalized spacial score (nSPS) is 35.2. The average Bonchev–Trinajstić information content (AvgIpc) is 2.90. The molecule has 0 spiro atoms. The maximum absolute atomic E-state index is 11.4. The Balaban J connectivity index is 1.80. The number of nitrogens with zero attached hydrogens (tertiary/aromatic N) is 1. The number of carbonyl (C=O) groups excluding carboxylic acids is 1. The van der Waals surface area contributed by atoms with Crippen LogP contribution < -0.4 is 5.32 Å². The van der Waals surface area contributed by atoms with E-state index in [2.05, 4.69) is 16.4 Å². The summed E-state index contributed by atoms with van der Waals surface area (Å²) in [5, 5.41) is 2.55. The summed E-state index contributed by atoms with van der Waals surface area (Å²) in [5.74, 6) is -0.894. The van der Waals surface area contributed by atoms with E-state index in [1.807, 2.05) is 0 Å². The third-order valence-electron chi connectivity index (χ3n) is 3.77. The molecule has 11 heteroatoms. The molecule has 4 atom stereocenters. The fourth-order valence-electron chi connectivity index (χ4n) is 2.91. The van der Waals surface area contributed by atoms with Crippen molar-refractivity contribution in [1.82, 2.24) is 10.2 Å². The standard InChI is InChI=1S/C13H19N2O8P/c1-7-14-9(16)4-5-15(7)12-11-10(22-13(2,3)23-11)8(21-12)6-20-24(17,18)19/h4-5,8,10-12H,1,6H2,2-3H3,(H,14,16)(H2,17,18,19). The number of hydrogen-bond donors (Lipinski definition) is 3. The minimum Gasteiger partial charge on any atom is -0.347 e. The van der Waals surface area contributed by atoms with Gasteiger partial charge < -0.3 is 34.2 Å². The summed E-state index contributed by atoms with van der Waals surface area (Å²) in [6.45, 7) is 6.85. The number of fused-ring (bicyclic) bond motifs is 1. The quantitative estimate of drug-likeness (QED) is 0.581. The molecular formula is C13H19N2O8P. The van der Waals surface area contributed by atoms with E-state index in [4.69, 9.17) is 24.0 Å². The molecule has 134 valence electrons. The third-order valence-corrected chi connectivity index (χ3v) is 4.26. The Morgan fingerprint density at radius 2 is 2.08 bits per heavy atom. The van der Waals surface area contributed by atoms with Crippen molar-refractivity contribution >= 4 is 13.7 Å². The van der Waals surface area contributed by atoms with Crippen LogP contribution in [0.4, 0.5) is 0 Å². The molecule has 3 aliphatic rings. The van der Waals surface area contributed by atoms with Gasteiger partial charge in [-0.15, -0.1) is 0 Å². The molecule has 0 radical (unpaired) electrons. The Bertz CT molecular complexity index is 629. The monoisotopic (exact) mass is 362 g/mol. The van der Waals surface area contributed by atoms with Crippen molar-refractivity contribution in [3.05, 3.63) is 24.7 Å². The van der Waals surface area contributed by atoms with Crippen LogP contribution >= 0.6 is 7.82 Å². The number of amides is 1. The molecule has 24 heavy (non-hydrogen) atoms. The van der Waals surface area contributed by atoms with Crippen molar-refractivity contribution in [2.24, 2.45) is 0 Å². The first kappa shape index (κ1) is 17.6. The number of carbonyl (C=O) groups is 1. The molecule has 3 heterocycles. The van der Waals surface area contributed by atoms with Crippen LogP contribution in [0.5, 0.6) is 0 Å². The molecule has 0 saturated carbocycles. The lowest BCUT2D eigenvalue weighted by Crippen LogP contribution is -2.46. The van der Waals surface area contributed by atoms with Crippen molar-refractivity contribution in [3.63, 3.8) is 0 Å². The Morgan fingerprint density at radius 3 is 2.71 bits per heavy atom. The van der Waals surface area contributed by atoms with Crippen molar-refractivity contribution in [1.29, 1.82) is 0 Å². The van der Waals surface area contributed by atoms with Crippen LogP contribution in [0.1, 0.15) is 13.8 Å². The second-order valence-electron chi connectivity index (χ2n) is 6.08. The van der Waals surface area contributed by atoms with E-state index in [-0.39, 0.29) is 12.5 Å². The number of hydrogen-bond acceptors (Lipinski definition) is 7. The maximum atomic E-state index is 11.4. The van der Waals surface area contributed by atoms with Gasteiger partial charge in [-0.25, -0.2) is 4.57 Å². The van der Waals surface area contributed by atoms with Gasteiger partial charge in [-0.3, -0.25) is 9.32 Å². The summed E-state index contributed by atoms with van der Waals surface area (Å²) < 4.78 is 32.9. The summed E-state index contributed by atoms with van der Waals surface area (Å²) in [5.41, 5.74) is 0. The second-order valence-corrected chi connectivity index (χ2v) is 7.31. The van der Waals surface area contributed by atoms with Gasteiger partial charge in [-0.1, -0.05) is 6.58 Å². The van der Waals surface area contributed by atoms with E-state index in [0.29, 0.717) is 5.82 Å². The lowest BCUT2D eigenvalue weighted by Gasteiger charge is -2.34. The van der Waals surface area contributed by atoms with E-state index in [1.54, 1.807) is 18.7 Å². The van der Waals surface area contributed by atoms with Crippen LogP contribution in [-0.2, 0) is 28.1 Å². The van der Waals surface area contributed by atoms with Crippen molar-refractivity contribution in [3.8, 4) is 0 Å². The minimum absolute atomic E-state index is 0.302. The van der Waals surface area contributed by atoms with E-state index in [1.165, 1.54) is 12.3 Å². The van der Waals surface area contributed by atoms with Crippen LogP contribution in [0.25, 0.3) is 0 Å². The zero-order valence-electron chi connectivity index (χ0n) is 13.1.